The van der Waals surface area contributed by atoms with Gasteiger partial charge >= 0.3 is 0 Å². The number of likely N-dealkylation sites (tertiary alicyclic amines) is 1. The molecule has 1 aliphatic heterocycles. The maximum atomic E-state index is 12.0. The Morgan fingerprint density at radius 3 is 2.88 bits per heavy atom. The van der Waals surface area contributed by atoms with E-state index in [2.05, 4.69) is 9.71 Å². The van der Waals surface area contributed by atoms with E-state index in [4.69, 9.17) is 0 Å². The molecule has 0 saturated carbocycles. The standard InChI is InChI=1S/C10H15N3O3S/c1-13-6-4-8(7-13)12-17(15,16)9-3-2-5-11-10(9)14/h2-3,5,8,12H,4,6-7H2,1H3,(H,11,14). The molecule has 0 amide bonds. The zero-order valence-electron chi connectivity index (χ0n) is 9.51. The predicted octanol–water partition coefficient (Wildman–Crippen LogP) is -0.643. The fraction of sp³-hybridized carbons (Fsp3) is 0.500. The highest BCUT2D eigenvalue weighted by molar-refractivity contribution is 7.89. The van der Waals surface area contributed by atoms with Crippen molar-refractivity contribution in [3.63, 3.8) is 0 Å². The van der Waals surface area contributed by atoms with E-state index in [0.717, 1.165) is 13.0 Å². The third-order valence-electron chi connectivity index (χ3n) is 2.78. The van der Waals surface area contributed by atoms with Crippen molar-refractivity contribution in [2.24, 2.45) is 0 Å². The van der Waals surface area contributed by atoms with E-state index in [-0.39, 0.29) is 10.9 Å². The van der Waals surface area contributed by atoms with Crippen LogP contribution in [0.15, 0.2) is 28.0 Å². The minimum Gasteiger partial charge on any atom is -0.328 e. The minimum absolute atomic E-state index is 0.121. The summed E-state index contributed by atoms with van der Waals surface area (Å²) in [7, 11) is -1.78. The summed E-state index contributed by atoms with van der Waals surface area (Å²) in [4.78, 5) is 15.6. The number of hydrogen-bond acceptors (Lipinski definition) is 4. The summed E-state index contributed by atoms with van der Waals surface area (Å²) in [6.07, 6.45) is 2.17. The maximum absolute atomic E-state index is 12.0. The topological polar surface area (TPSA) is 82.3 Å². The molecule has 6 nitrogen and oxygen atoms in total. The second-order valence-corrected chi connectivity index (χ2v) is 5.92. The second-order valence-electron chi connectivity index (χ2n) is 4.23. The van der Waals surface area contributed by atoms with Gasteiger partial charge in [0, 0.05) is 18.8 Å². The van der Waals surface area contributed by atoms with Crippen LogP contribution in [0.4, 0.5) is 0 Å². The van der Waals surface area contributed by atoms with Crippen LogP contribution in [-0.4, -0.2) is 44.5 Å². The fourth-order valence-corrected chi connectivity index (χ4v) is 3.25. The van der Waals surface area contributed by atoms with Crippen molar-refractivity contribution in [1.82, 2.24) is 14.6 Å². The number of rotatable bonds is 3. The van der Waals surface area contributed by atoms with Crippen LogP contribution in [0.5, 0.6) is 0 Å². The third-order valence-corrected chi connectivity index (χ3v) is 4.33. The molecule has 1 aromatic rings. The van der Waals surface area contributed by atoms with Crippen LogP contribution in [0.3, 0.4) is 0 Å². The Morgan fingerprint density at radius 2 is 2.29 bits per heavy atom. The van der Waals surface area contributed by atoms with Crippen LogP contribution >= 0.6 is 0 Å². The highest BCUT2D eigenvalue weighted by atomic mass is 32.2. The van der Waals surface area contributed by atoms with Gasteiger partial charge in [-0.1, -0.05) is 0 Å². The number of sulfonamides is 1. The normalized spacial score (nSPS) is 21.8. The number of H-pyrrole nitrogens is 1. The molecule has 0 spiro atoms. The Morgan fingerprint density at radius 1 is 1.53 bits per heavy atom. The van der Waals surface area contributed by atoms with E-state index >= 15 is 0 Å². The number of aromatic amines is 1. The van der Waals surface area contributed by atoms with Gasteiger partial charge in [0.2, 0.25) is 10.0 Å². The second kappa shape index (κ2) is 4.59. The first kappa shape index (κ1) is 12.3. The number of hydrogen-bond donors (Lipinski definition) is 2. The van der Waals surface area contributed by atoms with E-state index in [1.807, 2.05) is 11.9 Å². The number of nitrogens with zero attached hydrogens (tertiary/aromatic N) is 1. The van der Waals surface area contributed by atoms with Crippen molar-refractivity contribution >= 4 is 10.0 Å². The Balaban J connectivity index is 2.20. The molecule has 7 heteroatoms. The van der Waals surface area contributed by atoms with Gasteiger partial charge in [-0.3, -0.25) is 4.79 Å². The summed E-state index contributed by atoms with van der Waals surface area (Å²) < 4.78 is 26.5. The van der Waals surface area contributed by atoms with Crippen LogP contribution < -0.4 is 10.3 Å². The molecule has 0 aromatic carbocycles. The first-order valence-electron chi connectivity index (χ1n) is 5.37. The molecule has 2 rings (SSSR count). The summed E-state index contributed by atoms with van der Waals surface area (Å²) in [5, 5.41) is 0. The Bertz CT molecular complexity index is 552. The van der Waals surface area contributed by atoms with Gasteiger partial charge in [0.15, 0.2) is 0 Å². The van der Waals surface area contributed by atoms with E-state index in [1.54, 1.807) is 0 Å². The molecule has 1 saturated heterocycles. The van der Waals surface area contributed by atoms with Crippen LogP contribution in [-0.2, 0) is 10.0 Å². The fourth-order valence-electron chi connectivity index (χ4n) is 1.93. The lowest BCUT2D eigenvalue weighted by atomic mass is 10.3. The molecule has 2 heterocycles. The summed E-state index contributed by atoms with van der Waals surface area (Å²) in [6, 6.07) is 2.68. The number of pyridine rings is 1. The lowest BCUT2D eigenvalue weighted by Crippen LogP contribution is -2.38. The molecule has 17 heavy (non-hydrogen) atoms. The first-order valence-corrected chi connectivity index (χ1v) is 6.86. The van der Waals surface area contributed by atoms with Gasteiger partial charge in [-0.25, -0.2) is 13.1 Å². The number of aromatic nitrogens is 1. The Labute approximate surface area is 99.7 Å². The molecular weight excluding hydrogens is 242 g/mol. The van der Waals surface area contributed by atoms with Gasteiger partial charge in [0.1, 0.15) is 4.90 Å². The largest absolute Gasteiger partial charge is 0.328 e. The molecule has 1 fully saturated rings. The number of likely N-dealkylation sites (N-methyl/N-ethyl adjacent to an activating group) is 1. The summed E-state index contributed by atoms with van der Waals surface area (Å²) in [5.41, 5.74) is -0.591. The smallest absolute Gasteiger partial charge is 0.268 e. The van der Waals surface area contributed by atoms with Gasteiger partial charge in [-0.2, -0.15) is 0 Å². The molecule has 94 valence electrons. The SMILES string of the molecule is CN1CCC(NS(=O)(=O)c2ccc[nH]c2=O)C1. The highest BCUT2D eigenvalue weighted by Gasteiger charge is 2.26. The number of nitrogens with one attached hydrogen (secondary N) is 2. The monoisotopic (exact) mass is 257 g/mol. The summed E-state index contributed by atoms with van der Waals surface area (Å²) in [6.45, 7) is 1.53. The Hall–Kier alpha value is -1.18. The van der Waals surface area contributed by atoms with E-state index in [0.29, 0.717) is 6.54 Å². The molecule has 0 aliphatic carbocycles. The van der Waals surface area contributed by atoms with Gasteiger partial charge < -0.3 is 9.88 Å². The van der Waals surface area contributed by atoms with Crippen LogP contribution in [0.1, 0.15) is 6.42 Å². The minimum atomic E-state index is -3.72. The van der Waals surface area contributed by atoms with Crippen LogP contribution in [0, 0.1) is 0 Å². The lowest BCUT2D eigenvalue weighted by Gasteiger charge is -2.12. The average Bonchev–Trinajstić information content (AvgIpc) is 2.63. The van der Waals surface area contributed by atoms with Gasteiger partial charge in [0.05, 0.1) is 0 Å². The molecule has 0 bridgehead atoms. The average molecular weight is 257 g/mol. The van der Waals surface area contributed by atoms with Crippen LogP contribution in [0.2, 0.25) is 0 Å². The molecule has 1 atom stereocenters. The summed E-state index contributed by atoms with van der Waals surface area (Å²) in [5.74, 6) is 0. The van der Waals surface area contributed by atoms with Crippen molar-refractivity contribution in [2.75, 3.05) is 20.1 Å². The first-order chi connectivity index (χ1) is 7.99. The Kier molecular flexibility index (Phi) is 3.32. The van der Waals surface area contributed by atoms with Gasteiger partial charge in [0.25, 0.3) is 5.56 Å². The van der Waals surface area contributed by atoms with Crippen molar-refractivity contribution in [2.45, 2.75) is 17.4 Å². The quantitative estimate of drug-likeness (QED) is 0.754. The van der Waals surface area contributed by atoms with Gasteiger partial charge in [-0.05, 0) is 32.1 Å². The van der Waals surface area contributed by atoms with E-state index in [1.165, 1.54) is 18.3 Å². The molecule has 1 unspecified atom stereocenters. The molecule has 0 radical (unpaired) electrons. The zero-order valence-corrected chi connectivity index (χ0v) is 10.3. The maximum Gasteiger partial charge on any atom is 0.268 e. The summed E-state index contributed by atoms with van der Waals surface area (Å²) >= 11 is 0. The van der Waals surface area contributed by atoms with E-state index < -0.39 is 15.6 Å². The molecule has 1 aromatic heterocycles. The van der Waals surface area contributed by atoms with Gasteiger partial charge in [-0.15, -0.1) is 0 Å². The van der Waals surface area contributed by atoms with Crippen molar-refractivity contribution in [3.05, 3.63) is 28.7 Å². The van der Waals surface area contributed by atoms with E-state index in [9.17, 15) is 13.2 Å². The zero-order chi connectivity index (χ0) is 12.5. The molecule has 1 aliphatic rings. The predicted molar refractivity (Wildman–Crippen MR) is 63.3 cm³/mol. The third kappa shape index (κ3) is 2.74. The van der Waals surface area contributed by atoms with Crippen molar-refractivity contribution in [3.8, 4) is 0 Å². The molecular formula is C10H15N3O3S. The molecule has 2 N–H and O–H groups in total. The lowest BCUT2D eigenvalue weighted by molar-refractivity contribution is 0.407. The van der Waals surface area contributed by atoms with Crippen molar-refractivity contribution < 1.29 is 8.42 Å². The van der Waals surface area contributed by atoms with Crippen molar-refractivity contribution in [1.29, 1.82) is 0 Å². The highest BCUT2D eigenvalue weighted by Crippen LogP contribution is 2.10. The van der Waals surface area contributed by atoms with Crippen LogP contribution in [0.25, 0.3) is 0 Å².